The molecule has 2 atom stereocenters. The predicted octanol–water partition coefficient (Wildman–Crippen LogP) is 1.88. The molecule has 0 spiro atoms. The summed E-state index contributed by atoms with van der Waals surface area (Å²) in [5.41, 5.74) is 2.24. The van der Waals surface area contributed by atoms with E-state index < -0.39 is 0 Å². The van der Waals surface area contributed by atoms with Crippen LogP contribution in [0.25, 0.3) is 22.6 Å². The van der Waals surface area contributed by atoms with Gasteiger partial charge in [0.25, 0.3) is 0 Å². The number of carbonyl (C=O) groups excluding carboxylic acids is 2. The van der Waals surface area contributed by atoms with E-state index in [0.29, 0.717) is 49.8 Å². The van der Waals surface area contributed by atoms with Crippen molar-refractivity contribution < 1.29 is 9.59 Å². The molecule has 11 nitrogen and oxygen atoms in total. The van der Waals surface area contributed by atoms with Gasteiger partial charge in [0.2, 0.25) is 11.8 Å². The summed E-state index contributed by atoms with van der Waals surface area (Å²) >= 11 is 0. The van der Waals surface area contributed by atoms with Crippen LogP contribution in [0.15, 0.2) is 18.7 Å². The largest absolute Gasteiger partial charge is 0.364 e. The number of fused-ring (bicyclic) bond motifs is 1. The monoisotopic (exact) mass is 477 g/mol. The van der Waals surface area contributed by atoms with E-state index in [1.807, 2.05) is 37.2 Å². The lowest BCUT2D eigenvalue weighted by Crippen LogP contribution is -2.38. The lowest BCUT2D eigenvalue weighted by molar-refractivity contribution is -0.134. The molecular formula is C24H31N9O2. The summed E-state index contributed by atoms with van der Waals surface area (Å²) in [6, 6.07) is 0.168. The Kier molecular flexibility index (Phi) is 6.08. The van der Waals surface area contributed by atoms with Crippen molar-refractivity contribution >= 4 is 28.8 Å². The Morgan fingerprint density at radius 2 is 1.94 bits per heavy atom. The zero-order chi connectivity index (χ0) is 24.7. The van der Waals surface area contributed by atoms with Crippen molar-refractivity contribution in [2.75, 3.05) is 25.0 Å². The van der Waals surface area contributed by atoms with Gasteiger partial charge in [0.05, 0.1) is 11.5 Å². The zero-order valence-electron chi connectivity index (χ0n) is 20.6. The van der Waals surface area contributed by atoms with Crippen LogP contribution in [0.3, 0.4) is 0 Å². The van der Waals surface area contributed by atoms with E-state index >= 15 is 0 Å². The standard InChI is InChI=1S/C24H31N9O2/c1-5-32-22(17-9-25-15(4)26-10-17)30-20-21(27-13-28-23(20)32)29-18-6-7-31(12-18)24(35)16-8-19(34)33(11-16)14(2)3/h9-10,13-14,16,18H,5-8,11-12H2,1-4H3,(H,27,28,29)/t16-,18-/m0/s1. The average Bonchev–Trinajstić information content (AvgIpc) is 3.56. The average molecular weight is 478 g/mol. The van der Waals surface area contributed by atoms with Crippen molar-refractivity contribution in [1.82, 2.24) is 39.3 Å². The lowest BCUT2D eigenvalue weighted by atomic mass is 10.1. The summed E-state index contributed by atoms with van der Waals surface area (Å²) in [6.45, 7) is 10.3. The number of hydrogen-bond acceptors (Lipinski definition) is 8. The summed E-state index contributed by atoms with van der Waals surface area (Å²) in [6.07, 6.45) is 6.18. The molecule has 1 N–H and O–H groups in total. The first-order valence-corrected chi connectivity index (χ1v) is 12.2. The smallest absolute Gasteiger partial charge is 0.228 e. The third-order valence-electron chi connectivity index (χ3n) is 6.86. The number of imidazole rings is 1. The minimum Gasteiger partial charge on any atom is -0.364 e. The highest BCUT2D eigenvalue weighted by atomic mass is 16.2. The van der Waals surface area contributed by atoms with E-state index in [9.17, 15) is 9.59 Å². The number of aryl methyl sites for hydroxylation is 2. The fraction of sp³-hybridized carbons (Fsp3) is 0.542. The topological polar surface area (TPSA) is 122 Å². The molecule has 0 unspecified atom stereocenters. The molecule has 0 aliphatic carbocycles. The van der Waals surface area contributed by atoms with E-state index in [2.05, 4.69) is 25.3 Å². The molecule has 0 saturated carbocycles. The molecule has 0 aromatic carbocycles. The van der Waals surface area contributed by atoms with Gasteiger partial charge in [-0.15, -0.1) is 0 Å². The Labute approximate surface area is 204 Å². The highest BCUT2D eigenvalue weighted by Crippen LogP contribution is 2.28. The molecule has 2 amide bonds. The van der Waals surface area contributed by atoms with E-state index in [4.69, 9.17) is 4.98 Å². The molecule has 0 bridgehead atoms. The number of rotatable bonds is 6. The molecule has 2 aliphatic rings. The molecule has 3 aromatic rings. The Morgan fingerprint density at radius 3 is 2.63 bits per heavy atom. The van der Waals surface area contributed by atoms with Crippen molar-refractivity contribution in [1.29, 1.82) is 0 Å². The molecule has 184 valence electrons. The summed E-state index contributed by atoms with van der Waals surface area (Å²) in [5.74, 6) is 1.98. The second kappa shape index (κ2) is 9.20. The second-order valence-electron chi connectivity index (χ2n) is 9.55. The van der Waals surface area contributed by atoms with Gasteiger partial charge in [-0.2, -0.15) is 0 Å². The molecule has 2 fully saturated rings. The molecule has 2 saturated heterocycles. The fourth-order valence-electron chi connectivity index (χ4n) is 5.00. The van der Waals surface area contributed by atoms with E-state index in [0.717, 1.165) is 23.5 Å². The second-order valence-corrected chi connectivity index (χ2v) is 9.55. The Morgan fingerprint density at radius 1 is 1.17 bits per heavy atom. The van der Waals surface area contributed by atoms with Crippen LogP contribution in [0.1, 0.15) is 39.4 Å². The van der Waals surface area contributed by atoms with Crippen LogP contribution in [0, 0.1) is 12.8 Å². The molecule has 11 heteroatoms. The van der Waals surface area contributed by atoms with Crippen LogP contribution in [0.2, 0.25) is 0 Å². The van der Waals surface area contributed by atoms with Gasteiger partial charge in [-0.1, -0.05) is 0 Å². The molecule has 5 heterocycles. The highest BCUT2D eigenvalue weighted by Gasteiger charge is 2.39. The Balaban J connectivity index is 1.33. The van der Waals surface area contributed by atoms with Crippen molar-refractivity contribution in [3.63, 3.8) is 0 Å². The van der Waals surface area contributed by atoms with E-state index in [-0.39, 0.29) is 29.8 Å². The van der Waals surface area contributed by atoms with Gasteiger partial charge >= 0.3 is 0 Å². The number of amides is 2. The summed E-state index contributed by atoms with van der Waals surface area (Å²) in [5, 5.41) is 3.49. The molecule has 5 rings (SSSR count). The highest BCUT2D eigenvalue weighted by molar-refractivity contribution is 5.90. The maximum Gasteiger partial charge on any atom is 0.228 e. The normalized spacial score (nSPS) is 20.4. The van der Waals surface area contributed by atoms with Crippen molar-refractivity contribution in [3.8, 4) is 11.4 Å². The first-order chi connectivity index (χ1) is 16.9. The molecular weight excluding hydrogens is 446 g/mol. The first kappa shape index (κ1) is 23.1. The van der Waals surface area contributed by atoms with Gasteiger partial charge in [-0.25, -0.2) is 24.9 Å². The number of likely N-dealkylation sites (tertiary alicyclic amines) is 2. The third-order valence-corrected chi connectivity index (χ3v) is 6.86. The SMILES string of the molecule is CCn1c(-c2cnc(C)nc2)nc2c(N[C@H]3CCN(C(=O)[C@H]4CC(=O)N(C(C)C)C4)C3)ncnc21. The van der Waals surface area contributed by atoms with Crippen LogP contribution >= 0.6 is 0 Å². The maximum atomic E-state index is 13.1. The number of carbonyl (C=O) groups is 2. The molecule has 3 aromatic heterocycles. The third kappa shape index (κ3) is 4.30. The molecule has 0 radical (unpaired) electrons. The van der Waals surface area contributed by atoms with Gasteiger partial charge in [0.15, 0.2) is 17.0 Å². The van der Waals surface area contributed by atoms with Gasteiger partial charge in [-0.3, -0.25) is 9.59 Å². The Hall–Kier alpha value is -3.63. The lowest BCUT2D eigenvalue weighted by Gasteiger charge is -2.23. The van der Waals surface area contributed by atoms with Crippen LogP contribution in [0.5, 0.6) is 0 Å². The van der Waals surface area contributed by atoms with Crippen LogP contribution < -0.4 is 5.32 Å². The predicted molar refractivity (Wildman–Crippen MR) is 130 cm³/mol. The molecule has 2 aliphatic heterocycles. The van der Waals surface area contributed by atoms with E-state index in [1.54, 1.807) is 17.3 Å². The number of hydrogen-bond donors (Lipinski definition) is 1. The Bertz CT molecular complexity index is 1250. The minimum atomic E-state index is -0.256. The van der Waals surface area contributed by atoms with E-state index in [1.165, 1.54) is 6.33 Å². The zero-order valence-corrected chi connectivity index (χ0v) is 20.6. The number of aromatic nitrogens is 6. The van der Waals surface area contributed by atoms with Gasteiger partial charge < -0.3 is 19.7 Å². The van der Waals surface area contributed by atoms with Crippen molar-refractivity contribution in [3.05, 3.63) is 24.5 Å². The number of anilines is 1. The van der Waals surface area contributed by atoms with Gasteiger partial charge in [-0.05, 0) is 34.1 Å². The summed E-state index contributed by atoms with van der Waals surface area (Å²) in [4.78, 5) is 51.4. The van der Waals surface area contributed by atoms with Crippen LogP contribution in [-0.2, 0) is 16.1 Å². The minimum absolute atomic E-state index is 0.0493. The first-order valence-electron chi connectivity index (χ1n) is 12.2. The molecule has 35 heavy (non-hydrogen) atoms. The van der Waals surface area contributed by atoms with Crippen molar-refractivity contribution in [2.24, 2.45) is 5.92 Å². The fourth-order valence-corrected chi connectivity index (χ4v) is 5.00. The van der Waals surface area contributed by atoms with Crippen LogP contribution in [0.4, 0.5) is 5.82 Å². The summed E-state index contributed by atoms with van der Waals surface area (Å²) < 4.78 is 2.03. The quantitative estimate of drug-likeness (QED) is 0.571. The number of nitrogens with one attached hydrogen (secondary N) is 1. The maximum absolute atomic E-state index is 13.1. The number of nitrogens with zero attached hydrogens (tertiary/aromatic N) is 8. The summed E-state index contributed by atoms with van der Waals surface area (Å²) in [7, 11) is 0. The van der Waals surface area contributed by atoms with Crippen LogP contribution in [-0.4, -0.2) is 82.8 Å². The van der Waals surface area contributed by atoms with Crippen molar-refractivity contribution in [2.45, 2.75) is 59.2 Å². The van der Waals surface area contributed by atoms with Gasteiger partial charge in [0, 0.05) is 57.1 Å². The van der Waals surface area contributed by atoms with Gasteiger partial charge in [0.1, 0.15) is 18.0 Å².